The van der Waals surface area contributed by atoms with Crippen LogP contribution in [-0.2, 0) is 19.1 Å². The largest absolute Gasteiger partial charge is 0.369 e. The number of hydrogen-bond acceptors (Lipinski definition) is 5. The summed E-state index contributed by atoms with van der Waals surface area (Å²) in [5.74, 6) is -0.284. The first-order chi connectivity index (χ1) is 13.2. The van der Waals surface area contributed by atoms with Crippen LogP contribution in [0.3, 0.4) is 0 Å². The van der Waals surface area contributed by atoms with E-state index in [9.17, 15) is 9.59 Å². The zero-order valence-corrected chi connectivity index (χ0v) is 15.8. The smallest absolute Gasteiger partial charge is 0.266 e. The van der Waals surface area contributed by atoms with Crippen molar-refractivity contribution in [2.24, 2.45) is 0 Å². The second-order valence-electron chi connectivity index (χ2n) is 6.43. The Morgan fingerprint density at radius 1 is 0.704 bits per heavy atom. The van der Waals surface area contributed by atoms with Gasteiger partial charge in [-0.3, -0.25) is 18.2 Å². The molecule has 0 N–H and O–H groups in total. The Morgan fingerprint density at radius 3 is 1.41 bits per heavy atom. The molecule has 2 saturated heterocycles. The Kier molecular flexibility index (Phi) is 4.90. The summed E-state index contributed by atoms with van der Waals surface area (Å²) in [7, 11) is 3.06. The summed E-state index contributed by atoms with van der Waals surface area (Å²) in [6.45, 7) is 0. The number of methoxy groups -OCH3 is 2. The highest BCUT2D eigenvalue weighted by atomic mass is 32.2. The van der Waals surface area contributed by atoms with Gasteiger partial charge in [-0.15, -0.1) is 0 Å². The second kappa shape index (κ2) is 7.34. The predicted molar refractivity (Wildman–Crippen MR) is 101 cm³/mol. The summed E-state index contributed by atoms with van der Waals surface area (Å²) in [6.07, 6.45) is -1.07. The zero-order valence-electron chi connectivity index (χ0n) is 15.0. The SMILES string of the molecule is CO[C@H]1C(=O)N(SN2C(=O)[C@H](OC)[C@@H]2c2ccccc2)[C@H]1c1ccccc1. The first-order valence-electron chi connectivity index (χ1n) is 8.67. The van der Waals surface area contributed by atoms with Gasteiger partial charge in [0.15, 0.2) is 12.2 Å². The van der Waals surface area contributed by atoms with Gasteiger partial charge in [0.05, 0.1) is 12.1 Å². The Bertz CT molecular complexity index is 763. The molecular formula is C20H20N2O4S. The van der Waals surface area contributed by atoms with Crippen LogP contribution in [0.1, 0.15) is 23.2 Å². The lowest BCUT2D eigenvalue weighted by Crippen LogP contribution is -2.62. The van der Waals surface area contributed by atoms with Gasteiger partial charge < -0.3 is 9.47 Å². The van der Waals surface area contributed by atoms with Crippen molar-refractivity contribution >= 4 is 23.9 Å². The summed E-state index contributed by atoms with van der Waals surface area (Å²) in [5.41, 5.74) is 1.95. The van der Waals surface area contributed by atoms with Crippen molar-refractivity contribution in [1.29, 1.82) is 0 Å². The van der Waals surface area contributed by atoms with Gasteiger partial charge in [-0.1, -0.05) is 60.7 Å². The molecule has 0 aromatic heterocycles. The molecule has 0 spiro atoms. The number of ether oxygens (including phenoxy) is 2. The highest BCUT2D eigenvalue weighted by Crippen LogP contribution is 2.49. The predicted octanol–water partition coefficient (Wildman–Crippen LogP) is 2.75. The molecule has 27 heavy (non-hydrogen) atoms. The van der Waals surface area contributed by atoms with Crippen LogP contribution in [0.4, 0.5) is 0 Å². The van der Waals surface area contributed by atoms with Crippen LogP contribution in [0.5, 0.6) is 0 Å². The molecule has 2 aliphatic heterocycles. The van der Waals surface area contributed by atoms with Gasteiger partial charge in [0.2, 0.25) is 0 Å². The molecular weight excluding hydrogens is 364 g/mol. The van der Waals surface area contributed by atoms with E-state index in [1.165, 1.54) is 14.2 Å². The fraction of sp³-hybridized carbons (Fsp3) is 0.300. The van der Waals surface area contributed by atoms with Gasteiger partial charge in [0, 0.05) is 14.2 Å². The molecule has 2 heterocycles. The van der Waals surface area contributed by atoms with E-state index in [1.54, 1.807) is 8.61 Å². The molecule has 6 nitrogen and oxygen atoms in total. The summed E-state index contributed by atoms with van der Waals surface area (Å²) in [5, 5.41) is 0. The molecule has 2 aliphatic rings. The number of rotatable bonds is 6. The molecule has 0 aliphatic carbocycles. The first kappa shape index (κ1) is 18.0. The number of carbonyl (C=O) groups excluding carboxylic acids is 2. The average Bonchev–Trinajstić information content (AvgIpc) is 2.71. The van der Waals surface area contributed by atoms with Crippen LogP contribution in [-0.4, -0.2) is 46.9 Å². The normalized spacial score (nSPS) is 27.3. The Balaban J connectivity index is 1.58. The molecule has 0 saturated carbocycles. The number of β-lactam (4-membered cyclic amide) rings is 2. The third-order valence-corrected chi connectivity index (χ3v) is 6.13. The number of hydrogen-bond donors (Lipinski definition) is 0. The monoisotopic (exact) mass is 384 g/mol. The fourth-order valence-corrected chi connectivity index (χ4v) is 4.76. The number of amides is 2. The lowest BCUT2D eigenvalue weighted by atomic mass is 9.94. The van der Waals surface area contributed by atoms with Gasteiger partial charge in [-0.25, -0.2) is 0 Å². The van der Waals surface area contributed by atoms with E-state index in [2.05, 4.69) is 0 Å². The molecule has 7 heteroatoms. The third-order valence-electron chi connectivity index (χ3n) is 4.97. The van der Waals surface area contributed by atoms with Crippen LogP contribution in [0, 0.1) is 0 Å². The van der Waals surface area contributed by atoms with Crippen molar-refractivity contribution in [3.8, 4) is 0 Å². The van der Waals surface area contributed by atoms with Crippen molar-refractivity contribution in [2.45, 2.75) is 24.3 Å². The summed E-state index contributed by atoms with van der Waals surface area (Å²) < 4.78 is 14.0. The van der Waals surface area contributed by atoms with Gasteiger partial charge >= 0.3 is 0 Å². The molecule has 4 rings (SSSR count). The molecule has 2 amide bonds. The maximum Gasteiger partial charge on any atom is 0.266 e. The van der Waals surface area contributed by atoms with Crippen molar-refractivity contribution < 1.29 is 19.1 Å². The zero-order chi connectivity index (χ0) is 19.0. The van der Waals surface area contributed by atoms with Gasteiger partial charge in [-0.05, 0) is 11.1 Å². The van der Waals surface area contributed by atoms with Crippen molar-refractivity contribution in [3.63, 3.8) is 0 Å². The topological polar surface area (TPSA) is 59.1 Å². The Morgan fingerprint density at radius 2 is 1.07 bits per heavy atom. The lowest BCUT2D eigenvalue weighted by Gasteiger charge is -2.51. The van der Waals surface area contributed by atoms with E-state index in [0.717, 1.165) is 23.3 Å². The van der Waals surface area contributed by atoms with Crippen LogP contribution >= 0.6 is 12.1 Å². The fourth-order valence-electron chi connectivity index (χ4n) is 3.53. The average molecular weight is 384 g/mol. The molecule has 4 atom stereocenters. The number of carbonyl (C=O) groups is 2. The van der Waals surface area contributed by atoms with E-state index in [0.29, 0.717) is 0 Å². The molecule has 0 bridgehead atoms. The van der Waals surface area contributed by atoms with E-state index in [4.69, 9.17) is 9.47 Å². The lowest BCUT2D eigenvalue weighted by molar-refractivity contribution is -0.162. The minimum absolute atomic E-state index is 0.142. The van der Waals surface area contributed by atoms with Gasteiger partial charge in [0.25, 0.3) is 11.8 Å². The molecule has 2 aromatic carbocycles. The van der Waals surface area contributed by atoms with Crippen molar-refractivity contribution in [1.82, 2.24) is 8.61 Å². The molecule has 2 aromatic rings. The van der Waals surface area contributed by atoms with Crippen LogP contribution in [0.25, 0.3) is 0 Å². The number of nitrogens with zero attached hydrogens (tertiary/aromatic N) is 2. The van der Waals surface area contributed by atoms with E-state index >= 15 is 0 Å². The standard InChI is InChI=1S/C20H20N2O4S/c1-25-17-15(13-9-5-3-6-10-13)21(19(17)23)27-22-16(18(26-2)20(22)24)14-11-7-4-8-12-14/h3-12,15-18H,1-2H3/t15-,16-,17+,18+/m0/s1. The molecule has 140 valence electrons. The Labute approximate surface area is 162 Å². The highest BCUT2D eigenvalue weighted by Gasteiger charge is 2.56. The summed E-state index contributed by atoms with van der Waals surface area (Å²) in [6, 6.07) is 18.9. The van der Waals surface area contributed by atoms with E-state index in [-0.39, 0.29) is 23.9 Å². The first-order valence-corrected chi connectivity index (χ1v) is 9.40. The van der Waals surface area contributed by atoms with Crippen molar-refractivity contribution in [2.75, 3.05) is 14.2 Å². The Hall–Kier alpha value is -2.35. The molecule has 0 radical (unpaired) electrons. The van der Waals surface area contributed by atoms with E-state index < -0.39 is 12.2 Å². The molecule has 0 unspecified atom stereocenters. The highest BCUT2D eigenvalue weighted by molar-refractivity contribution is 7.95. The quantitative estimate of drug-likeness (QED) is 0.566. The summed E-state index contributed by atoms with van der Waals surface area (Å²) in [4.78, 5) is 25.1. The number of benzene rings is 2. The maximum absolute atomic E-state index is 12.6. The summed E-state index contributed by atoms with van der Waals surface area (Å²) >= 11 is 1.14. The van der Waals surface area contributed by atoms with E-state index in [1.807, 2.05) is 60.7 Å². The second-order valence-corrected chi connectivity index (χ2v) is 7.38. The van der Waals surface area contributed by atoms with Crippen LogP contribution in [0.15, 0.2) is 60.7 Å². The molecule has 2 fully saturated rings. The van der Waals surface area contributed by atoms with Crippen molar-refractivity contribution in [3.05, 3.63) is 71.8 Å². The van der Waals surface area contributed by atoms with Crippen LogP contribution in [0.2, 0.25) is 0 Å². The third kappa shape index (κ3) is 2.92. The maximum atomic E-state index is 12.6. The minimum Gasteiger partial charge on any atom is -0.369 e. The van der Waals surface area contributed by atoms with Crippen LogP contribution < -0.4 is 0 Å². The van der Waals surface area contributed by atoms with Gasteiger partial charge in [0.1, 0.15) is 12.1 Å². The van der Waals surface area contributed by atoms with Gasteiger partial charge in [-0.2, -0.15) is 0 Å². The minimum atomic E-state index is -0.537.